The molecule has 1 aromatic heterocycles. The molecule has 1 heterocycles. The van der Waals surface area contributed by atoms with Crippen LogP contribution >= 0.6 is 0 Å². The zero-order valence-electron chi connectivity index (χ0n) is 14.0. The lowest BCUT2D eigenvalue weighted by atomic mass is 9.96. The quantitative estimate of drug-likeness (QED) is 0.850. The van der Waals surface area contributed by atoms with Crippen molar-refractivity contribution in [2.24, 2.45) is 7.05 Å². The van der Waals surface area contributed by atoms with Crippen LogP contribution in [0.15, 0.2) is 36.7 Å². The number of hydrogen-bond acceptors (Lipinski definition) is 4. The van der Waals surface area contributed by atoms with Gasteiger partial charge in [0, 0.05) is 18.8 Å². The van der Waals surface area contributed by atoms with E-state index in [4.69, 9.17) is 4.74 Å². The van der Waals surface area contributed by atoms with Gasteiger partial charge in [-0.25, -0.2) is 0 Å². The first-order valence-corrected chi connectivity index (χ1v) is 8.21. The number of benzene rings is 1. The highest BCUT2D eigenvalue weighted by Gasteiger charge is 2.27. The molecule has 128 valence electrons. The molecule has 1 saturated carbocycles. The van der Waals surface area contributed by atoms with Crippen LogP contribution in [0.4, 0.5) is 0 Å². The largest absolute Gasteiger partial charge is 0.490 e. The van der Waals surface area contributed by atoms with E-state index in [2.05, 4.69) is 10.4 Å². The second-order valence-corrected chi connectivity index (χ2v) is 6.53. The number of aliphatic hydroxyl groups is 1. The van der Waals surface area contributed by atoms with Gasteiger partial charge in [0.15, 0.2) is 0 Å². The number of nitrogens with one attached hydrogen (secondary N) is 1. The van der Waals surface area contributed by atoms with Crippen molar-refractivity contribution in [1.82, 2.24) is 15.1 Å². The van der Waals surface area contributed by atoms with Crippen molar-refractivity contribution in [3.8, 4) is 5.75 Å². The smallest absolute Gasteiger partial charge is 0.255 e. The summed E-state index contributed by atoms with van der Waals surface area (Å²) in [5.41, 5.74) is -0.0380. The highest BCUT2D eigenvalue weighted by molar-refractivity contribution is 5.96. The van der Waals surface area contributed by atoms with Crippen LogP contribution in [-0.2, 0) is 12.6 Å². The first kappa shape index (κ1) is 16.5. The van der Waals surface area contributed by atoms with Crippen molar-refractivity contribution in [2.45, 2.75) is 37.9 Å². The number of amides is 1. The van der Waals surface area contributed by atoms with Crippen molar-refractivity contribution >= 4 is 5.91 Å². The summed E-state index contributed by atoms with van der Waals surface area (Å²) in [4.78, 5) is 12.5. The number of ether oxygens (including phenoxy) is 1. The average molecular weight is 329 g/mol. The van der Waals surface area contributed by atoms with E-state index in [-0.39, 0.29) is 18.6 Å². The summed E-state index contributed by atoms with van der Waals surface area (Å²) in [5, 5.41) is 17.4. The van der Waals surface area contributed by atoms with Crippen molar-refractivity contribution < 1.29 is 14.6 Å². The van der Waals surface area contributed by atoms with Crippen molar-refractivity contribution in [3.05, 3.63) is 47.8 Å². The van der Waals surface area contributed by atoms with Gasteiger partial charge in [-0.3, -0.25) is 9.48 Å². The minimum atomic E-state index is -1.19. The van der Waals surface area contributed by atoms with E-state index in [1.807, 2.05) is 18.2 Å². The number of carbonyl (C=O) groups excluding carboxylic acids is 1. The van der Waals surface area contributed by atoms with E-state index in [0.717, 1.165) is 12.8 Å². The Morgan fingerprint density at radius 1 is 1.46 bits per heavy atom. The molecule has 1 aliphatic rings. The van der Waals surface area contributed by atoms with Gasteiger partial charge in [-0.1, -0.05) is 12.1 Å². The van der Waals surface area contributed by atoms with Crippen LogP contribution in [0.2, 0.25) is 0 Å². The van der Waals surface area contributed by atoms with Gasteiger partial charge in [0.1, 0.15) is 11.4 Å². The number of aryl methyl sites for hydroxylation is 1. The molecule has 1 atom stereocenters. The average Bonchev–Trinajstić information content (AvgIpc) is 2.96. The fourth-order valence-corrected chi connectivity index (χ4v) is 2.57. The highest BCUT2D eigenvalue weighted by atomic mass is 16.5. The monoisotopic (exact) mass is 329 g/mol. The molecule has 6 heteroatoms. The van der Waals surface area contributed by atoms with Crippen molar-refractivity contribution in [1.29, 1.82) is 0 Å². The second-order valence-electron chi connectivity index (χ2n) is 6.53. The summed E-state index contributed by atoms with van der Waals surface area (Å²) >= 11 is 0. The number of nitrogens with zero attached hydrogens (tertiary/aromatic N) is 2. The Kier molecular flexibility index (Phi) is 4.57. The molecule has 1 amide bonds. The van der Waals surface area contributed by atoms with Gasteiger partial charge in [0.05, 0.1) is 24.4 Å². The van der Waals surface area contributed by atoms with E-state index in [0.29, 0.717) is 16.9 Å². The summed E-state index contributed by atoms with van der Waals surface area (Å²) in [6.45, 7) is 1.75. The topological polar surface area (TPSA) is 76.4 Å². The third kappa shape index (κ3) is 3.59. The van der Waals surface area contributed by atoms with Gasteiger partial charge < -0.3 is 15.2 Å². The Morgan fingerprint density at radius 3 is 2.83 bits per heavy atom. The fourth-order valence-electron chi connectivity index (χ4n) is 2.57. The lowest BCUT2D eigenvalue weighted by Crippen LogP contribution is -2.38. The van der Waals surface area contributed by atoms with Gasteiger partial charge in [0.25, 0.3) is 5.91 Å². The van der Waals surface area contributed by atoms with E-state index < -0.39 is 5.60 Å². The molecule has 0 spiro atoms. The number of hydrogen-bond donors (Lipinski definition) is 2. The first-order valence-electron chi connectivity index (χ1n) is 8.21. The molecular formula is C18H23N3O3. The number of aromatic nitrogens is 2. The van der Waals surface area contributed by atoms with Crippen LogP contribution in [0, 0.1) is 0 Å². The van der Waals surface area contributed by atoms with Crippen molar-refractivity contribution in [2.75, 3.05) is 6.54 Å². The Labute approximate surface area is 141 Å². The van der Waals surface area contributed by atoms with Gasteiger partial charge in [-0.2, -0.15) is 5.10 Å². The summed E-state index contributed by atoms with van der Waals surface area (Å²) in [5.74, 6) is 0.342. The van der Waals surface area contributed by atoms with E-state index in [1.54, 1.807) is 37.1 Å². The molecule has 1 aliphatic carbocycles. The van der Waals surface area contributed by atoms with E-state index in [9.17, 15) is 9.90 Å². The molecule has 2 aromatic rings. The fraction of sp³-hybridized carbons (Fsp3) is 0.444. The number of para-hydroxylation sites is 1. The molecule has 1 unspecified atom stereocenters. The highest BCUT2D eigenvalue weighted by Crippen LogP contribution is 2.27. The third-order valence-corrected chi connectivity index (χ3v) is 4.40. The Balaban J connectivity index is 1.66. The SMILES string of the molecule is Cn1cc(C(C)(O)CNC(=O)c2ccccc2OC2CCC2)cn1. The molecule has 24 heavy (non-hydrogen) atoms. The molecule has 1 fully saturated rings. The molecule has 0 radical (unpaired) electrons. The molecule has 6 nitrogen and oxygen atoms in total. The molecule has 0 saturated heterocycles. The maximum atomic E-state index is 12.5. The zero-order chi connectivity index (χ0) is 17.2. The molecule has 0 aliphatic heterocycles. The summed E-state index contributed by atoms with van der Waals surface area (Å²) in [6, 6.07) is 7.22. The summed E-state index contributed by atoms with van der Waals surface area (Å²) < 4.78 is 7.50. The first-order chi connectivity index (χ1) is 11.5. The second kappa shape index (κ2) is 6.65. The van der Waals surface area contributed by atoms with Crippen LogP contribution in [0.3, 0.4) is 0 Å². The normalized spacial score (nSPS) is 17.0. The summed E-state index contributed by atoms with van der Waals surface area (Å²) in [7, 11) is 1.78. The molecule has 3 rings (SSSR count). The van der Waals surface area contributed by atoms with Gasteiger partial charge in [-0.15, -0.1) is 0 Å². The molecular weight excluding hydrogens is 306 g/mol. The predicted octanol–water partition coefficient (Wildman–Crippen LogP) is 1.99. The maximum absolute atomic E-state index is 12.5. The standard InChI is InChI=1S/C18H23N3O3/c1-18(23,13-10-20-21(2)11-13)12-19-17(22)15-8-3-4-9-16(15)24-14-6-5-7-14/h3-4,8-11,14,23H,5-7,12H2,1-2H3,(H,19,22). The molecule has 0 bridgehead atoms. The number of carbonyl (C=O) groups is 1. The van der Waals surface area contributed by atoms with Gasteiger partial charge in [-0.05, 0) is 38.3 Å². The van der Waals surface area contributed by atoms with Gasteiger partial charge >= 0.3 is 0 Å². The van der Waals surface area contributed by atoms with Crippen LogP contribution in [0.5, 0.6) is 5.75 Å². The molecule has 1 aromatic carbocycles. The zero-order valence-corrected chi connectivity index (χ0v) is 14.0. The maximum Gasteiger partial charge on any atom is 0.255 e. The van der Waals surface area contributed by atoms with Crippen LogP contribution in [0.1, 0.15) is 42.1 Å². The lowest BCUT2D eigenvalue weighted by Gasteiger charge is -2.27. The van der Waals surface area contributed by atoms with E-state index >= 15 is 0 Å². The minimum absolute atomic E-state index is 0.0925. The van der Waals surface area contributed by atoms with Crippen molar-refractivity contribution in [3.63, 3.8) is 0 Å². The summed E-state index contributed by atoms with van der Waals surface area (Å²) in [6.07, 6.45) is 6.78. The Bertz CT molecular complexity index is 720. The Morgan fingerprint density at radius 2 is 2.21 bits per heavy atom. The minimum Gasteiger partial charge on any atom is -0.490 e. The Hall–Kier alpha value is -2.34. The van der Waals surface area contributed by atoms with E-state index in [1.165, 1.54) is 6.42 Å². The third-order valence-electron chi connectivity index (χ3n) is 4.40. The number of rotatable bonds is 6. The van der Waals surface area contributed by atoms with Crippen LogP contribution in [0.25, 0.3) is 0 Å². The lowest BCUT2D eigenvalue weighted by molar-refractivity contribution is 0.0522. The van der Waals surface area contributed by atoms with Crippen LogP contribution < -0.4 is 10.1 Å². The van der Waals surface area contributed by atoms with Crippen LogP contribution in [-0.4, -0.2) is 33.4 Å². The molecule has 2 N–H and O–H groups in total. The van der Waals surface area contributed by atoms with Gasteiger partial charge in [0.2, 0.25) is 0 Å². The predicted molar refractivity (Wildman–Crippen MR) is 89.8 cm³/mol.